The number of likely N-dealkylation sites (N-methyl/N-ethyl adjacent to an activating group) is 1. The number of carbonyl (C=O) groups is 1. The summed E-state index contributed by atoms with van der Waals surface area (Å²) in [6, 6.07) is 9.29. The lowest BCUT2D eigenvalue weighted by Crippen LogP contribution is -2.41. The zero-order valence-corrected chi connectivity index (χ0v) is 9.66. The Kier molecular flexibility index (Phi) is 3.86. The molecular formula is C12H19N2O+. The maximum absolute atomic E-state index is 11.6. The van der Waals surface area contributed by atoms with Crippen molar-refractivity contribution >= 4 is 5.91 Å². The second kappa shape index (κ2) is 4.94. The third kappa shape index (κ3) is 4.61. The summed E-state index contributed by atoms with van der Waals surface area (Å²) in [6.45, 7) is 1.63. The summed E-state index contributed by atoms with van der Waals surface area (Å²) in [5.41, 5.74) is 0.721. The van der Waals surface area contributed by atoms with Gasteiger partial charge in [0.15, 0.2) is 0 Å². The van der Waals surface area contributed by atoms with Crippen molar-refractivity contribution in [1.29, 1.82) is 0 Å². The lowest BCUT2D eigenvalue weighted by molar-refractivity contribution is -0.869. The van der Waals surface area contributed by atoms with Crippen LogP contribution in [-0.4, -0.2) is 44.6 Å². The highest BCUT2D eigenvalue weighted by atomic mass is 16.1. The van der Waals surface area contributed by atoms with Crippen molar-refractivity contribution in [3.63, 3.8) is 0 Å². The van der Waals surface area contributed by atoms with Gasteiger partial charge in [-0.05, 0) is 12.1 Å². The van der Waals surface area contributed by atoms with Crippen LogP contribution < -0.4 is 5.32 Å². The Labute approximate surface area is 91.3 Å². The molecule has 0 aliphatic rings. The molecule has 3 heteroatoms. The second-order valence-electron chi connectivity index (χ2n) is 4.64. The monoisotopic (exact) mass is 207 g/mol. The molecule has 15 heavy (non-hydrogen) atoms. The number of hydrogen-bond donors (Lipinski definition) is 1. The fourth-order valence-corrected chi connectivity index (χ4v) is 1.20. The van der Waals surface area contributed by atoms with Gasteiger partial charge in [0, 0.05) is 5.56 Å². The summed E-state index contributed by atoms with van der Waals surface area (Å²) in [5, 5.41) is 2.90. The van der Waals surface area contributed by atoms with Gasteiger partial charge in [-0.3, -0.25) is 4.79 Å². The molecule has 0 saturated heterocycles. The molecular weight excluding hydrogens is 188 g/mol. The molecule has 0 radical (unpaired) electrons. The normalized spacial score (nSPS) is 11.1. The van der Waals surface area contributed by atoms with E-state index >= 15 is 0 Å². The number of rotatable bonds is 4. The van der Waals surface area contributed by atoms with Crippen LogP contribution in [0.15, 0.2) is 30.3 Å². The zero-order chi connectivity index (χ0) is 11.3. The van der Waals surface area contributed by atoms with E-state index in [-0.39, 0.29) is 5.91 Å². The zero-order valence-electron chi connectivity index (χ0n) is 9.66. The average Bonchev–Trinajstić information content (AvgIpc) is 2.17. The predicted molar refractivity (Wildman–Crippen MR) is 61.7 cm³/mol. The summed E-state index contributed by atoms with van der Waals surface area (Å²) >= 11 is 0. The van der Waals surface area contributed by atoms with Crippen molar-refractivity contribution in [2.75, 3.05) is 34.2 Å². The van der Waals surface area contributed by atoms with Gasteiger partial charge in [-0.15, -0.1) is 0 Å². The second-order valence-corrected chi connectivity index (χ2v) is 4.64. The van der Waals surface area contributed by atoms with E-state index in [4.69, 9.17) is 0 Å². The standard InChI is InChI=1S/C12H18N2O/c1-14(2,3)10-9-13-12(15)11-7-5-4-6-8-11/h4-8H,9-10H2,1-3H3/p+1. The Morgan fingerprint density at radius 2 is 1.80 bits per heavy atom. The minimum absolute atomic E-state index is 0.00375. The molecule has 1 N–H and O–H groups in total. The number of nitrogens with one attached hydrogen (secondary N) is 1. The van der Waals surface area contributed by atoms with Crippen LogP contribution in [-0.2, 0) is 0 Å². The molecule has 0 atom stereocenters. The molecule has 0 aliphatic heterocycles. The van der Waals surface area contributed by atoms with Gasteiger partial charge >= 0.3 is 0 Å². The molecule has 0 bridgehead atoms. The summed E-state index contributed by atoms with van der Waals surface area (Å²) in [7, 11) is 6.32. The van der Waals surface area contributed by atoms with Crippen LogP contribution in [0.2, 0.25) is 0 Å². The molecule has 0 aromatic heterocycles. The molecule has 0 fully saturated rings. The van der Waals surface area contributed by atoms with E-state index in [1.807, 2.05) is 30.3 Å². The molecule has 0 heterocycles. The van der Waals surface area contributed by atoms with Crippen molar-refractivity contribution in [3.05, 3.63) is 35.9 Å². The number of carbonyl (C=O) groups excluding carboxylic acids is 1. The van der Waals surface area contributed by atoms with Gasteiger partial charge in [-0.25, -0.2) is 0 Å². The van der Waals surface area contributed by atoms with Crippen molar-refractivity contribution in [2.24, 2.45) is 0 Å². The van der Waals surface area contributed by atoms with Crippen molar-refractivity contribution in [2.45, 2.75) is 0 Å². The number of nitrogens with zero attached hydrogens (tertiary/aromatic N) is 1. The molecule has 0 aliphatic carbocycles. The van der Waals surface area contributed by atoms with Crippen LogP contribution in [0.3, 0.4) is 0 Å². The third-order valence-electron chi connectivity index (χ3n) is 2.10. The molecule has 0 saturated carbocycles. The van der Waals surface area contributed by atoms with Gasteiger partial charge in [0.05, 0.1) is 34.2 Å². The summed E-state index contributed by atoms with van der Waals surface area (Å²) in [4.78, 5) is 11.6. The fraction of sp³-hybridized carbons (Fsp3) is 0.417. The summed E-state index contributed by atoms with van der Waals surface area (Å²) < 4.78 is 0.856. The molecule has 1 rings (SSSR count). The van der Waals surface area contributed by atoms with Crippen LogP contribution in [0.1, 0.15) is 10.4 Å². The van der Waals surface area contributed by atoms with Crippen LogP contribution >= 0.6 is 0 Å². The summed E-state index contributed by atoms with van der Waals surface area (Å²) in [6.07, 6.45) is 0. The topological polar surface area (TPSA) is 29.1 Å². The lowest BCUT2D eigenvalue weighted by Gasteiger charge is -2.23. The fourth-order valence-electron chi connectivity index (χ4n) is 1.20. The van der Waals surface area contributed by atoms with E-state index in [2.05, 4.69) is 26.5 Å². The van der Waals surface area contributed by atoms with E-state index in [0.29, 0.717) is 6.54 Å². The smallest absolute Gasteiger partial charge is 0.251 e. The first-order chi connectivity index (χ1) is 6.99. The van der Waals surface area contributed by atoms with E-state index in [1.165, 1.54) is 0 Å². The van der Waals surface area contributed by atoms with Crippen molar-refractivity contribution in [3.8, 4) is 0 Å². The molecule has 82 valence electrons. The van der Waals surface area contributed by atoms with Gasteiger partial charge in [-0.2, -0.15) is 0 Å². The van der Waals surface area contributed by atoms with Gasteiger partial charge in [0.25, 0.3) is 5.91 Å². The first-order valence-electron chi connectivity index (χ1n) is 5.13. The SMILES string of the molecule is C[N+](C)(C)CCNC(=O)c1ccccc1. The van der Waals surface area contributed by atoms with Crippen LogP contribution in [0, 0.1) is 0 Å². The maximum Gasteiger partial charge on any atom is 0.251 e. The van der Waals surface area contributed by atoms with Crippen LogP contribution in [0.5, 0.6) is 0 Å². The molecule has 3 nitrogen and oxygen atoms in total. The van der Waals surface area contributed by atoms with Crippen molar-refractivity contribution in [1.82, 2.24) is 5.32 Å². The Balaban J connectivity index is 2.38. The predicted octanol–water partition coefficient (Wildman–Crippen LogP) is 1.12. The van der Waals surface area contributed by atoms with Gasteiger partial charge in [-0.1, -0.05) is 18.2 Å². The molecule has 1 aromatic rings. The molecule has 1 aromatic carbocycles. The highest BCUT2D eigenvalue weighted by Crippen LogP contribution is 1.97. The Morgan fingerprint density at radius 3 is 2.33 bits per heavy atom. The van der Waals surface area contributed by atoms with Crippen molar-refractivity contribution < 1.29 is 9.28 Å². The quantitative estimate of drug-likeness (QED) is 0.737. The number of hydrogen-bond acceptors (Lipinski definition) is 1. The third-order valence-corrected chi connectivity index (χ3v) is 2.10. The molecule has 1 amide bonds. The highest BCUT2D eigenvalue weighted by Gasteiger charge is 2.08. The van der Waals surface area contributed by atoms with Gasteiger partial charge < -0.3 is 9.80 Å². The Bertz CT molecular complexity index is 314. The largest absolute Gasteiger partial charge is 0.346 e. The van der Waals surface area contributed by atoms with Gasteiger partial charge in [0.1, 0.15) is 0 Å². The number of amides is 1. The molecule has 0 unspecified atom stereocenters. The number of quaternary nitrogens is 1. The van der Waals surface area contributed by atoms with E-state index < -0.39 is 0 Å². The lowest BCUT2D eigenvalue weighted by atomic mass is 10.2. The first kappa shape index (κ1) is 11.7. The van der Waals surface area contributed by atoms with E-state index in [1.54, 1.807) is 0 Å². The average molecular weight is 207 g/mol. The highest BCUT2D eigenvalue weighted by molar-refractivity contribution is 5.94. The van der Waals surface area contributed by atoms with Gasteiger partial charge in [0.2, 0.25) is 0 Å². The van der Waals surface area contributed by atoms with E-state index in [0.717, 1.165) is 16.6 Å². The Hall–Kier alpha value is -1.35. The maximum atomic E-state index is 11.6. The minimum Gasteiger partial charge on any atom is -0.346 e. The minimum atomic E-state index is 0.00375. The van der Waals surface area contributed by atoms with Crippen LogP contribution in [0.4, 0.5) is 0 Å². The summed E-state index contributed by atoms with van der Waals surface area (Å²) in [5.74, 6) is 0.00375. The Morgan fingerprint density at radius 1 is 1.20 bits per heavy atom. The first-order valence-corrected chi connectivity index (χ1v) is 5.13. The van der Waals surface area contributed by atoms with E-state index in [9.17, 15) is 4.79 Å². The number of benzene rings is 1. The molecule has 0 spiro atoms. The van der Waals surface area contributed by atoms with Crippen LogP contribution in [0.25, 0.3) is 0 Å².